The summed E-state index contributed by atoms with van der Waals surface area (Å²) in [5.41, 5.74) is 0.992. The molecule has 1 aromatic rings. The second-order valence-corrected chi connectivity index (χ2v) is 8.58. The van der Waals surface area contributed by atoms with E-state index in [-0.39, 0.29) is 23.7 Å². The third-order valence-corrected chi connectivity index (χ3v) is 6.66. The van der Waals surface area contributed by atoms with Gasteiger partial charge in [-0.1, -0.05) is 6.42 Å². The lowest BCUT2D eigenvalue weighted by Gasteiger charge is -2.39. The fourth-order valence-electron chi connectivity index (χ4n) is 4.80. The molecule has 8 heteroatoms. The van der Waals surface area contributed by atoms with Crippen LogP contribution in [0.2, 0.25) is 0 Å². The normalized spacial score (nSPS) is 23.1. The molecule has 0 radical (unpaired) electrons. The molecule has 3 fully saturated rings. The number of piperazine rings is 1. The van der Waals surface area contributed by atoms with E-state index in [4.69, 9.17) is 4.74 Å². The molecule has 0 aromatic heterocycles. The Morgan fingerprint density at radius 2 is 1.61 bits per heavy atom. The van der Waals surface area contributed by atoms with E-state index in [9.17, 15) is 14.0 Å². The average molecular weight is 433 g/mol. The number of nitrogens with zero attached hydrogens (tertiary/aromatic N) is 4. The number of likely N-dealkylation sites (tertiary alicyclic amines) is 1. The van der Waals surface area contributed by atoms with E-state index in [0.29, 0.717) is 52.4 Å². The summed E-state index contributed by atoms with van der Waals surface area (Å²) in [6.07, 6.45) is 3.47. The van der Waals surface area contributed by atoms with Crippen LogP contribution in [-0.2, 0) is 14.3 Å². The van der Waals surface area contributed by atoms with Gasteiger partial charge in [0.15, 0.2) is 0 Å². The van der Waals surface area contributed by atoms with E-state index >= 15 is 0 Å². The fourth-order valence-corrected chi connectivity index (χ4v) is 4.80. The van der Waals surface area contributed by atoms with Crippen LogP contribution in [0.3, 0.4) is 0 Å². The van der Waals surface area contributed by atoms with Gasteiger partial charge in [-0.2, -0.15) is 0 Å². The van der Waals surface area contributed by atoms with Gasteiger partial charge in [0.2, 0.25) is 11.8 Å². The van der Waals surface area contributed by atoms with Crippen LogP contribution in [0.25, 0.3) is 0 Å². The van der Waals surface area contributed by atoms with Gasteiger partial charge in [0.1, 0.15) is 5.82 Å². The van der Waals surface area contributed by atoms with Crippen molar-refractivity contribution in [2.24, 2.45) is 0 Å². The number of piperidine rings is 1. The minimum atomic E-state index is -0.235. The number of benzene rings is 1. The molecule has 3 heterocycles. The van der Waals surface area contributed by atoms with E-state index < -0.39 is 0 Å². The number of anilines is 1. The van der Waals surface area contributed by atoms with Gasteiger partial charge >= 0.3 is 0 Å². The molecule has 31 heavy (non-hydrogen) atoms. The van der Waals surface area contributed by atoms with Crippen LogP contribution in [0.15, 0.2) is 24.3 Å². The predicted octanol–water partition coefficient (Wildman–Crippen LogP) is 1.58. The van der Waals surface area contributed by atoms with Crippen molar-refractivity contribution in [3.8, 4) is 0 Å². The summed E-state index contributed by atoms with van der Waals surface area (Å²) >= 11 is 0. The lowest BCUT2D eigenvalue weighted by molar-refractivity contribution is -0.143. The summed E-state index contributed by atoms with van der Waals surface area (Å²) in [5, 5.41) is 0. The third kappa shape index (κ3) is 5.54. The van der Waals surface area contributed by atoms with Crippen molar-refractivity contribution < 1.29 is 18.7 Å². The summed E-state index contributed by atoms with van der Waals surface area (Å²) in [4.78, 5) is 34.1. The quantitative estimate of drug-likeness (QED) is 0.707. The molecule has 0 spiro atoms. The number of hydrogen-bond donors (Lipinski definition) is 0. The fraction of sp³-hybridized carbons (Fsp3) is 0.652. The maximum atomic E-state index is 13.1. The maximum Gasteiger partial charge on any atom is 0.240 e. The highest BCUT2D eigenvalue weighted by molar-refractivity contribution is 5.82. The van der Waals surface area contributed by atoms with Crippen LogP contribution in [0.4, 0.5) is 10.1 Å². The monoisotopic (exact) mass is 432 g/mol. The Hall–Kier alpha value is -2.19. The first-order valence-corrected chi connectivity index (χ1v) is 11.5. The lowest BCUT2D eigenvalue weighted by atomic mass is 10.00. The SMILES string of the molecule is O=C(CCN1CCCCC1C(=O)N1CCOCC1)N1CCN(c2ccc(F)cc2)CC1. The van der Waals surface area contributed by atoms with Gasteiger partial charge in [0.25, 0.3) is 0 Å². The Balaban J connectivity index is 1.25. The van der Waals surface area contributed by atoms with Gasteiger partial charge < -0.3 is 19.4 Å². The van der Waals surface area contributed by atoms with Crippen molar-refractivity contribution in [3.63, 3.8) is 0 Å². The van der Waals surface area contributed by atoms with Gasteiger partial charge in [-0.3, -0.25) is 14.5 Å². The third-order valence-electron chi connectivity index (χ3n) is 6.66. The molecular weight excluding hydrogens is 399 g/mol. The van der Waals surface area contributed by atoms with Gasteiger partial charge in [-0.05, 0) is 43.7 Å². The van der Waals surface area contributed by atoms with Crippen molar-refractivity contribution >= 4 is 17.5 Å². The maximum absolute atomic E-state index is 13.1. The van der Waals surface area contributed by atoms with Crippen LogP contribution in [0.1, 0.15) is 25.7 Å². The van der Waals surface area contributed by atoms with Crippen molar-refractivity contribution in [3.05, 3.63) is 30.1 Å². The van der Waals surface area contributed by atoms with Gasteiger partial charge in [0.05, 0.1) is 19.3 Å². The molecule has 1 aromatic carbocycles. The minimum Gasteiger partial charge on any atom is -0.378 e. The second-order valence-electron chi connectivity index (χ2n) is 8.58. The first-order valence-electron chi connectivity index (χ1n) is 11.5. The topological polar surface area (TPSA) is 56.3 Å². The van der Waals surface area contributed by atoms with Crippen LogP contribution >= 0.6 is 0 Å². The Morgan fingerprint density at radius 3 is 2.32 bits per heavy atom. The van der Waals surface area contributed by atoms with E-state index in [1.165, 1.54) is 12.1 Å². The molecule has 0 N–H and O–H groups in total. The molecule has 7 nitrogen and oxygen atoms in total. The van der Waals surface area contributed by atoms with Gasteiger partial charge in [-0.25, -0.2) is 4.39 Å². The zero-order chi connectivity index (χ0) is 21.6. The number of rotatable bonds is 5. The Labute approximate surface area is 183 Å². The molecule has 0 aliphatic carbocycles. The van der Waals surface area contributed by atoms with Gasteiger partial charge in [0, 0.05) is 57.9 Å². The van der Waals surface area contributed by atoms with Crippen molar-refractivity contribution in [2.45, 2.75) is 31.7 Å². The molecule has 1 unspecified atom stereocenters. The molecule has 3 aliphatic rings. The smallest absolute Gasteiger partial charge is 0.240 e. The van der Waals surface area contributed by atoms with E-state index in [2.05, 4.69) is 9.80 Å². The highest BCUT2D eigenvalue weighted by Crippen LogP contribution is 2.21. The van der Waals surface area contributed by atoms with Gasteiger partial charge in [-0.15, -0.1) is 0 Å². The molecule has 0 saturated carbocycles. The number of carbonyl (C=O) groups excluding carboxylic acids is 2. The van der Waals surface area contributed by atoms with Crippen LogP contribution in [-0.4, -0.2) is 98.1 Å². The predicted molar refractivity (Wildman–Crippen MR) is 116 cm³/mol. The minimum absolute atomic E-state index is 0.102. The Bertz CT molecular complexity index is 746. The largest absolute Gasteiger partial charge is 0.378 e. The highest BCUT2D eigenvalue weighted by atomic mass is 19.1. The lowest BCUT2D eigenvalue weighted by Crippen LogP contribution is -2.54. The summed E-state index contributed by atoms with van der Waals surface area (Å²) in [6, 6.07) is 6.42. The zero-order valence-electron chi connectivity index (χ0n) is 18.2. The average Bonchev–Trinajstić information content (AvgIpc) is 2.83. The van der Waals surface area contributed by atoms with Crippen LogP contribution < -0.4 is 4.90 Å². The summed E-state index contributed by atoms with van der Waals surface area (Å²) in [6.45, 7) is 6.92. The summed E-state index contributed by atoms with van der Waals surface area (Å²) in [7, 11) is 0. The molecule has 0 bridgehead atoms. The molecule has 4 rings (SSSR count). The number of morpholine rings is 1. The van der Waals surface area contributed by atoms with Crippen molar-refractivity contribution in [1.29, 1.82) is 0 Å². The molecule has 1 atom stereocenters. The molecule has 3 aliphatic heterocycles. The standard InChI is InChI=1S/C23H33FN4O3/c24-19-4-6-20(7-5-19)25-11-13-27(14-12-25)22(29)8-10-26-9-2-1-3-21(26)23(30)28-15-17-31-18-16-28/h4-7,21H,1-3,8-18H2. The van der Waals surface area contributed by atoms with E-state index in [0.717, 1.165) is 44.6 Å². The summed E-state index contributed by atoms with van der Waals surface area (Å²) < 4.78 is 18.5. The number of hydrogen-bond acceptors (Lipinski definition) is 5. The molecule has 170 valence electrons. The van der Waals surface area contributed by atoms with E-state index in [1.54, 1.807) is 12.1 Å². The first kappa shape index (κ1) is 22.0. The first-order chi connectivity index (χ1) is 15.1. The molecule has 3 saturated heterocycles. The van der Waals surface area contributed by atoms with E-state index in [1.807, 2.05) is 9.80 Å². The van der Waals surface area contributed by atoms with Crippen molar-refractivity contribution in [2.75, 3.05) is 70.5 Å². The van der Waals surface area contributed by atoms with Crippen LogP contribution in [0.5, 0.6) is 0 Å². The van der Waals surface area contributed by atoms with Crippen molar-refractivity contribution in [1.82, 2.24) is 14.7 Å². The Morgan fingerprint density at radius 1 is 0.903 bits per heavy atom. The molecule has 2 amide bonds. The molecular formula is C23H33FN4O3. The number of carbonyl (C=O) groups is 2. The number of amides is 2. The van der Waals surface area contributed by atoms with Crippen LogP contribution in [0, 0.1) is 5.82 Å². The highest BCUT2D eigenvalue weighted by Gasteiger charge is 2.33. The second kappa shape index (κ2) is 10.4. The number of halogens is 1. The summed E-state index contributed by atoms with van der Waals surface area (Å²) in [5.74, 6) is 0.117. The Kier molecular flexibility index (Phi) is 7.40. The zero-order valence-corrected chi connectivity index (χ0v) is 18.2. The number of ether oxygens (including phenoxy) is 1.